The van der Waals surface area contributed by atoms with Gasteiger partial charge in [0.15, 0.2) is 5.78 Å². The van der Waals surface area contributed by atoms with E-state index >= 15 is 0 Å². The number of carbonyl (C=O) groups is 2. The van der Waals surface area contributed by atoms with Gasteiger partial charge < -0.3 is 0 Å². The van der Waals surface area contributed by atoms with Crippen LogP contribution in [0.4, 0.5) is 0 Å². The quantitative estimate of drug-likeness (QED) is 0.604. The zero-order valence-electron chi connectivity index (χ0n) is 10.6. The van der Waals surface area contributed by atoms with E-state index in [9.17, 15) is 9.59 Å². The minimum absolute atomic E-state index is 0.0296. The third kappa shape index (κ3) is 3.39. The largest absolute Gasteiger partial charge is 0.298 e. The lowest BCUT2D eigenvalue weighted by Crippen LogP contribution is -2.00. The van der Waals surface area contributed by atoms with Crippen molar-refractivity contribution in [3.05, 3.63) is 71.3 Å². The van der Waals surface area contributed by atoms with E-state index in [1.54, 1.807) is 36.4 Å². The van der Waals surface area contributed by atoms with Crippen LogP contribution >= 0.6 is 0 Å². The van der Waals surface area contributed by atoms with Crippen molar-refractivity contribution in [2.75, 3.05) is 0 Å². The van der Waals surface area contributed by atoms with Gasteiger partial charge in [0.1, 0.15) is 6.29 Å². The minimum atomic E-state index is -0.0296. The SMILES string of the molecule is CC.O=Cc1ccc(C(=O)c2ccccc2)cc1. The fourth-order valence-electron chi connectivity index (χ4n) is 1.47. The lowest BCUT2D eigenvalue weighted by atomic mass is 10.0. The molecule has 0 aromatic heterocycles. The first-order valence-corrected chi connectivity index (χ1v) is 5.96. The summed E-state index contributed by atoms with van der Waals surface area (Å²) in [6.45, 7) is 4.00. The maximum absolute atomic E-state index is 12.0. The molecule has 0 saturated carbocycles. The highest BCUT2D eigenvalue weighted by Gasteiger charge is 2.07. The van der Waals surface area contributed by atoms with Crippen molar-refractivity contribution in [1.29, 1.82) is 0 Å². The highest BCUT2D eigenvalue weighted by atomic mass is 16.1. The van der Waals surface area contributed by atoms with Crippen LogP contribution in [0.1, 0.15) is 40.1 Å². The standard InChI is InChI=1S/C14H10O2.C2H6/c15-10-11-6-8-13(9-7-11)14(16)12-4-2-1-3-5-12;1-2/h1-10H;1-2H3. The van der Waals surface area contributed by atoms with Crippen molar-refractivity contribution in [2.24, 2.45) is 0 Å². The van der Waals surface area contributed by atoms with Gasteiger partial charge >= 0.3 is 0 Å². The molecule has 0 unspecified atom stereocenters. The van der Waals surface area contributed by atoms with E-state index in [1.807, 2.05) is 32.0 Å². The molecule has 0 radical (unpaired) electrons. The van der Waals surface area contributed by atoms with Crippen molar-refractivity contribution in [1.82, 2.24) is 0 Å². The van der Waals surface area contributed by atoms with Gasteiger partial charge in [-0.1, -0.05) is 68.4 Å². The van der Waals surface area contributed by atoms with Crippen molar-refractivity contribution >= 4 is 12.1 Å². The van der Waals surface area contributed by atoms with E-state index in [2.05, 4.69) is 0 Å². The molecule has 0 aliphatic heterocycles. The lowest BCUT2D eigenvalue weighted by molar-refractivity contribution is 0.103. The number of hydrogen-bond acceptors (Lipinski definition) is 2. The van der Waals surface area contributed by atoms with Gasteiger partial charge in [-0.15, -0.1) is 0 Å². The topological polar surface area (TPSA) is 34.1 Å². The average Bonchev–Trinajstić information content (AvgIpc) is 2.49. The molecule has 0 spiro atoms. The molecule has 2 rings (SSSR count). The van der Waals surface area contributed by atoms with E-state index in [1.165, 1.54) is 0 Å². The van der Waals surface area contributed by atoms with Gasteiger partial charge in [-0.3, -0.25) is 9.59 Å². The van der Waals surface area contributed by atoms with Crippen LogP contribution in [0, 0.1) is 0 Å². The fraction of sp³-hybridized carbons (Fsp3) is 0.125. The van der Waals surface area contributed by atoms with Gasteiger partial charge in [0.2, 0.25) is 0 Å². The van der Waals surface area contributed by atoms with Gasteiger partial charge in [0, 0.05) is 16.7 Å². The van der Waals surface area contributed by atoms with Crippen LogP contribution in [-0.4, -0.2) is 12.1 Å². The molecule has 2 aromatic carbocycles. The summed E-state index contributed by atoms with van der Waals surface area (Å²) >= 11 is 0. The van der Waals surface area contributed by atoms with Crippen molar-refractivity contribution in [2.45, 2.75) is 13.8 Å². The predicted octanol–water partition coefficient (Wildman–Crippen LogP) is 3.76. The number of rotatable bonds is 3. The van der Waals surface area contributed by atoms with Gasteiger partial charge in [-0.05, 0) is 0 Å². The van der Waals surface area contributed by atoms with Gasteiger partial charge in [-0.2, -0.15) is 0 Å². The predicted molar refractivity (Wildman–Crippen MR) is 73.1 cm³/mol. The number of ketones is 1. The van der Waals surface area contributed by atoms with Crippen LogP contribution < -0.4 is 0 Å². The van der Waals surface area contributed by atoms with Crippen LogP contribution in [0.3, 0.4) is 0 Å². The fourth-order valence-corrected chi connectivity index (χ4v) is 1.47. The van der Waals surface area contributed by atoms with E-state index in [0.29, 0.717) is 16.7 Å². The Morgan fingerprint density at radius 3 is 1.83 bits per heavy atom. The van der Waals surface area contributed by atoms with Crippen molar-refractivity contribution < 1.29 is 9.59 Å². The van der Waals surface area contributed by atoms with Crippen molar-refractivity contribution in [3.8, 4) is 0 Å². The summed E-state index contributed by atoms with van der Waals surface area (Å²) in [7, 11) is 0. The first-order valence-electron chi connectivity index (χ1n) is 5.96. The summed E-state index contributed by atoms with van der Waals surface area (Å²) < 4.78 is 0. The zero-order valence-corrected chi connectivity index (χ0v) is 10.6. The maximum atomic E-state index is 12.0. The number of carbonyl (C=O) groups excluding carboxylic acids is 2. The van der Waals surface area contributed by atoms with Crippen LogP contribution in [0.2, 0.25) is 0 Å². The van der Waals surface area contributed by atoms with E-state index in [-0.39, 0.29) is 5.78 Å². The molecule has 0 bridgehead atoms. The third-order valence-corrected chi connectivity index (χ3v) is 2.34. The molecule has 0 aliphatic carbocycles. The Hall–Kier alpha value is -2.22. The summed E-state index contributed by atoms with van der Waals surface area (Å²) in [5, 5.41) is 0. The molecule has 92 valence electrons. The molecule has 0 saturated heterocycles. The van der Waals surface area contributed by atoms with Crippen LogP contribution in [0.15, 0.2) is 54.6 Å². The van der Waals surface area contributed by atoms with E-state index in [0.717, 1.165) is 6.29 Å². The smallest absolute Gasteiger partial charge is 0.193 e. The molecule has 0 heterocycles. The molecule has 0 N–H and O–H groups in total. The summed E-state index contributed by atoms with van der Waals surface area (Å²) in [5.74, 6) is -0.0296. The first-order chi connectivity index (χ1) is 8.81. The zero-order chi connectivity index (χ0) is 13.4. The molecule has 0 aliphatic rings. The monoisotopic (exact) mass is 240 g/mol. The van der Waals surface area contributed by atoms with Crippen LogP contribution in [-0.2, 0) is 0 Å². The Kier molecular flexibility index (Phi) is 5.52. The molecule has 0 fully saturated rings. The molecule has 0 atom stereocenters. The Morgan fingerprint density at radius 1 is 0.833 bits per heavy atom. The highest BCUT2D eigenvalue weighted by Crippen LogP contribution is 2.10. The molecule has 2 aromatic rings. The summed E-state index contributed by atoms with van der Waals surface area (Å²) in [5.41, 5.74) is 1.82. The summed E-state index contributed by atoms with van der Waals surface area (Å²) in [6.07, 6.45) is 0.761. The van der Waals surface area contributed by atoms with Gasteiger partial charge in [0.25, 0.3) is 0 Å². The number of hydrogen-bond donors (Lipinski definition) is 0. The van der Waals surface area contributed by atoms with Gasteiger partial charge in [0.05, 0.1) is 0 Å². The minimum Gasteiger partial charge on any atom is -0.298 e. The van der Waals surface area contributed by atoms with Crippen LogP contribution in [0.5, 0.6) is 0 Å². The third-order valence-electron chi connectivity index (χ3n) is 2.34. The second kappa shape index (κ2) is 7.17. The molecular formula is C16H16O2. The van der Waals surface area contributed by atoms with E-state index < -0.39 is 0 Å². The van der Waals surface area contributed by atoms with Gasteiger partial charge in [-0.25, -0.2) is 0 Å². The molecule has 18 heavy (non-hydrogen) atoms. The second-order valence-corrected chi connectivity index (χ2v) is 3.44. The highest BCUT2D eigenvalue weighted by molar-refractivity contribution is 6.09. The lowest BCUT2D eigenvalue weighted by Gasteiger charge is -2.00. The Labute approximate surface area is 107 Å². The Bertz CT molecular complexity index is 498. The van der Waals surface area contributed by atoms with E-state index in [4.69, 9.17) is 0 Å². The Balaban J connectivity index is 0.000000771. The molecule has 2 heteroatoms. The first kappa shape index (κ1) is 13.8. The summed E-state index contributed by atoms with van der Waals surface area (Å²) in [6, 6.07) is 15.7. The van der Waals surface area contributed by atoms with Crippen LogP contribution in [0.25, 0.3) is 0 Å². The molecule has 0 amide bonds. The molecule has 2 nitrogen and oxygen atoms in total. The maximum Gasteiger partial charge on any atom is 0.193 e. The Morgan fingerprint density at radius 2 is 1.33 bits per heavy atom. The molecular weight excluding hydrogens is 224 g/mol. The average molecular weight is 240 g/mol. The number of aldehydes is 1. The summed E-state index contributed by atoms with van der Waals surface area (Å²) in [4.78, 5) is 22.4. The normalized spacial score (nSPS) is 9.00. The second-order valence-electron chi connectivity index (χ2n) is 3.44. The van der Waals surface area contributed by atoms with Crippen molar-refractivity contribution in [3.63, 3.8) is 0 Å². The number of benzene rings is 2.